The lowest BCUT2D eigenvalue weighted by atomic mass is 9.95. The molecule has 1 aliphatic heterocycles. The average molecular weight is 450 g/mol. The SMILES string of the molecule is CC(=O)Nc1ccc(NC(=O)C2CCCN(C(=O)c3cccc4ccccc34)C2)c(Cl)c1. The molecule has 0 bridgehead atoms. The second kappa shape index (κ2) is 9.40. The maximum absolute atomic E-state index is 13.3. The standard InChI is InChI=1S/C25H24ClN3O3/c1-16(30)27-19-11-12-23(22(26)14-19)28-24(31)18-8-5-13-29(15-18)25(32)21-10-4-7-17-6-2-3-9-20(17)21/h2-4,6-7,9-12,14,18H,5,8,13,15H2,1H3,(H,27,30)(H,28,31). The van der Waals surface area contributed by atoms with Crippen LogP contribution in [0.1, 0.15) is 30.1 Å². The van der Waals surface area contributed by atoms with Gasteiger partial charge < -0.3 is 15.5 Å². The van der Waals surface area contributed by atoms with Crippen molar-refractivity contribution in [2.75, 3.05) is 23.7 Å². The van der Waals surface area contributed by atoms with Gasteiger partial charge in [-0.05, 0) is 47.9 Å². The highest BCUT2D eigenvalue weighted by Gasteiger charge is 2.29. The van der Waals surface area contributed by atoms with Crippen molar-refractivity contribution in [3.8, 4) is 0 Å². The van der Waals surface area contributed by atoms with Gasteiger partial charge in [0.15, 0.2) is 0 Å². The lowest BCUT2D eigenvalue weighted by molar-refractivity contribution is -0.121. The Balaban J connectivity index is 1.46. The molecule has 3 aromatic rings. The molecule has 1 atom stereocenters. The van der Waals surface area contributed by atoms with E-state index in [0.29, 0.717) is 41.5 Å². The van der Waals surface area contributed by atoms with Crippen molar-refractivity contribution in [3.63, 3.8) is 0 Å². The largest absolute Gasteiger partial charge is 0.338 e. The monoisotopic (exact) mass is 449 g/mol. The summed E-state index contributed by atoms with van der Waals surface area (Å²) >= 11 is 6.28. The Hall–Kier alpha value is -3.38. The fraction of sp³-hybridized carbons (Fsp3) is 0.240. The number of amides is 3. The van der Waals surface area contributed by atoms with E-state index < -0.39 is 0 Å². The highest BCUT2D eigenvalue weighted by atomic mass is 35.5. The number of piperidine rings is 1. The summed E-state index contributed by atoms with van der Waals surface area (Å²) in [7, 11) is 0. The van der Waals surface area contributed by atoms with E-state index >= 15 is 0 Å². The molecule has 1 saturated heterocycles. The molecule has 0 aliphatic carbocycles. The van der Waals surface area contributed by atoms with Crippen LogP contribution in [0.25, 0.3) is 10.8 Å². The summed E-state index contributed by atoms with van der Waals surface area (Å²) in [6.07, 6.45) is 1.45. The molecule has 1 fully saturated rings. The summed E-state index contributed by atoms with van der Waals surface area (Å²) in [5.74, 6) is -0.753. The van der Waals surface area contributed by atoms with Gasteiger partial charge in [-0.15, -0.1) is 0 Å². The summed E-state index contributed by atoms with van der Waals surface area (Å²) in [5, 5.41) is 7.79. The number of hydrogen-bond acceptors (Lipinski definition) is 3. The Morgan fingerprint density at radius 2 is 1.78 bits per heavy atom. The van der Waals surface area contributed by atoms with Crippen LogP contribution in [0.15, 0.2) is 60.7 Å². The van der Waals surface area contributed by atoms with Crippen LogP contribution in [0, 0.1) is 5.92 Å². The quantitative estimate of drug-likeness (QED) is 0.592. The molecule has 1 aliphatic rings. The van der Waals surface area contributed by atoms with Crippen LogP contribution in [0.5, 0.6) is 0 Å². The molecular formula is C25H24ClN3O3. The van der Waals surface area contributed by atoms with Crippen molar-refractivity contribution in [1.82, 2.24) is 4.90 Å². The molecule has 0 aromatic heterocycles. The fourth-order valence-electron chi connectivity index (χ4n) is 4.09. The maximum atomic E-state index is 13.3. The maximum Gasteiger partial charge on any atom is 0.254 e. The number of fused-ring (bicyclic) bond motifs is 1. The molecule has 6 nitrogen and oxygen atoms in total. The molecule has 3 amide bonds. The summed E-state index contributed by atoms with van der Waals surface area (Å²) < 4.78 is 0. The number of nitrogens with zero attached hydrogens (tertiary/aromatic N) is 1. The molecule has 32 heavy (non-hydrogen) atoms. The first-order chi connectivity index (χ1) is 15.4. The van der Waals surface area contributed by atoms with Crippen LogP contribution in [0.3, 0.4) is 0 Å². The highest BCUT2D eigenvalue weighted by molar-refractivity contribution is 6.34. The topological polar surface area (TPSA) is 78.5 Å². The second-order valence-electron chi connectivity index (χ2n) is 7.98. The van der Waals surface area contributed by atoms with Crippen molar-refractivity contribution >= 4 is 51.5 Å². The highest BCUT2D eigenvalue weighted by Crippen LogP contribution is 2.28. The van der Waals surface area contributed by atoms with Gasteiger partial charge in [-0.3, -0.25) is 14.4 Å². The van der Waals surface area contributed by atoms with Crippen LogP contribution >= 0.6 is 11.6 Å². The first kappa shape index (κ1) is 21.8. The van der Waals surface area contributed by atoms with E-state index in [9.17, 15) is 14.4 Å². The van der Waals surface area contributed by atoms with Crippen LogP contribution in [-0.2, 0) is 9.59 Å². The molecule has 7 heteroatoms. The van der Waals surface area contributed by atoms with E-state index in [-0.39, 0.29) is 23.6 Å². The molecule has 0 radical (unpaired) electrons. The number of carbonyl (C=O) groups is 3. The molecule has 1 heterocycles. The zero-order chi connectivity index (χ0) is 22.7. The Morgan fingerprint density at radius 1 is 1.00 bits per heavy atom. The number of halogens is 1. The van der Waals surface area contributed by atoms with Gasteiger partial charge in [-0.1, -0.05) is 48.0 Å². The number of carbonyl (C=O) groups excluding carboxylic acids is 3. The summed E-state index contributed by atoms with van der Waals surface area (Å²) in [6, 6.07) is 18.4. The molecule has 1 unspecified atom stereocenters. The van der Waals surface area contributed by atoms with Crippen molar-refractivity contribution in [2.24, 2.45) is 5.92 Å². The van der Waals surface area contributed by atoms with Crippen molar-refractivity contribution < 1.29 is 14.4 Å². The lowest BCUT2D eigenvalue weighted by Crippen LogP contribution is -2.43. The van der Waals surface area contributed by atoms with Crippen molar-refractivity contribution in [1.29, 1.82) is 0 Å². The number of anilines is 2. The van der Waals surface area contributed by atoms with E-state index in [1.54, 1.807) is 23.1 Å². The third-order valence-corrected chi connectivity index (χ3v) is 5.96. The van der Waals surface area contributed by atoms with Crippen LogP contribution in [0.2, 0.25) is 5.02 Å². The van der Waals surface area contributed by atoms with Gasteiger partial charge in [0.1, 0.15) is 0 Å². The predicted molar refractivity (Wildman–Crippen MR) is 127 cm³/mol. The number of likely N-dealkylation sites (tertiary alicyclic amines) is 1. The first-order valence-electron chi connectivity index (χ1n) is 10.6. The van der Waals surface area contributed by atoms with Gasteiger partial charge in [0.05, 0.1) is 16.6 Å². The van der Waals surface area contributed by atoms with E-state index in [1.807, 2.05) is 42.5 Å². The third kappa shape index (κ3) is 4.75. The number of nitrogens with one attached hydrogen (secondary N) is 2. The van der Waals surface area contributed by atoms with Gasteiger partial charge >= 0.3 is 0 Å². The normalized spacial score (nSPS) is 15.9. The summed E-state index contributed by atoms with van der Waals surface area (Å²) in [4.78, 5) is 39.1. The minimum absolute atomic E-state index is 0.0583. The molecule has 4 rings (SSSR count). The van der Waals surface area contributed by atoms with Gasteiger partial charge in [0.25, 0.3) is 5.91 Å². The van der Waals surface area contributed by atoms with Crippen molar-refractivity contribution in [2.45, 2.75) is 19.8 Å². The van der Waals surface area contributed by atoms with Crippen LogP contribution in [-0.4, -0.2) is 35.7 Å². The zero-order valence-corrected chi connectivity index (χ0v) is 18.5. The molecule has 2 N–H and O–H groups in total. The zero-order valence-electron chi connectivity index (χ0n) is 17.7. The van der Waals surface area contributed by atoms with Gasteiger partial charge in [0.2, 0.25) is 11.8 Å². The summed E-state index contributed by atoms with van der Waals surface area (Å²) in [6.45, 7) is 2.39. The van der Waals surface area contributed by atoms with Gasteiger partial charge in [-0.2, -0.15) is 0 Å². The predicted octanol–water partition coefficient (Wildman–Crippen LogP) is 4.94. The Labute approximate surface area is 191 Å². The number of rotatable bonds is 4. The smallest absolute Gasteiger partial charge is 0.254 e. The Morgan fingerprint density at radius 3 is 2.56 bits per heavy atom. The minimum atomic E-state index is -0.325. The molecule has 164 valence electrons. The molecular weight excluding hydrogens is 426 g/mol. The molecule has 0 spiro atoms. The number of hydrogen-bond donors (Lipinski definition) is 2. The third-order valence-electron chi connectivity index (χ3n) is 5.65. The molecule has 0 saturated carbocycles. The van der Waals surface area contributed by atoms with Gasteiger partial charge in [0, 0.05) is 31.3 Å². The van der Waals surface area contributed by atoms with E-state index in [1.165, 1.54) is 6.92 Å². The number of benzene rings is 3. The molecule has 3 aromatic carbocycles. The van der Waals surface area contributed by atoms with Crippen molar-refractivity contribution in [3.05, 3.63) is 71.2 Å². The van der Waals surface area contributed by atoms with Crippen LogP contribution in [0.4, 0.5) is 11.4 Å². The fourth-order valence-corrected chi connectivity index (χ4v) is 4.32. The van der Waals surface area contributed by atoms with E-state index in [2.05, 4.69) is 10.6 Å². The summed E-state index contributed by atoms with van der Waals surface area (Å²) in [5.41, 5.74) is 1.69. The minimum Gasteiger partial charge on any atom is -0.338 e. The van der Waals surface area contributed by atoms with E-state index in [4.69, 9.17) is 11.6 Å². The second-order valence-corrected chi connectivity index (χ2v) is 8.39. The van der Waals surface area contributed by atoms with Gasteiger partial charge in [-0.25, -0.2) is 0 Å². The Bertz CT molecular complexity index is 1190. The Kier molecular flexibility index (Phi) is 6.42. The van der Waals surface area contributed by atoms with E-state index in [0.717, 1.165) is 17.2 Å². The first-order valence-corrected chi connectivity index (χ1v) is 10.9. The average Bonchev–Trinajstić information content (AvgIpc) is 2.79. The lowest BCUT2D eigenvalue weighted by Gasteiger charge is -2.32. The van der Waals surface area contributed by atoms with Crippen LogP contribution < -0.4 is 10.6 Å².